The lowest BCUT2D eigenvalue weighted by Gasteiger charge is -2.09. The molecule has 1 aliphatic heterocycles. The van der Waals surface area contributed by atoms with Crippen LogP contribution < -0.4 is 9.47 Å². The average molecular weight is 282 g/mol. The van der Waals surface area contributed by atoms with Crippen LogP contribution in [0.25, 0.3) is 10.9 Å². The van der Waals surface area contributed by atoms with Gasteiger partial charge in [-0.25, -0.2) is 4.79 Å². The summed E-state index contributed by atoms with van der Waals surface area (Å²) >= 11 is 0. The molecule has 0 aliphatic carbocycles. The maximum absolute atomic E-state index is 11.2. The highest BCUT2D eigenvalue weighted by molar-refractivity contribution is 5.98. The Balaban J connectivity index is 0.00000133. The van der Waals surface area contributed by atoms with Crippen molar-refractivity contribution in [3.8, 4) is 11.5 Å². The van der Waals surface area contributed by atoms with E-state index >= 15 is 0 Å². The highest BCUT2D eigenvalue weighted by atomic mass is 35.5. The molecule has 6 heteroatoms. The molecule has 0 unspecified atom stereocenters. The summed E-state index contributed by atoms with van der Waals surface area (Å²) < 4.78 is 10.6. The molecule has 2 aromatic rings. The van der Waals surface area contributed by atoms with Crippen LogP contribution in [0.4, 0.5) is 0 Å². The molecule has 1 aromatic carbocycles. The molecule has 0 fully saturated rings. The minimum Gasteiger partial charge on any atom is -0.478 e. The third-order valence-electron chi connectivity index (χ3n) is 3.13. The lowest BCUT2D eigenvalue weighted by Crippen LogP contribution is -2.05. The van der Waals surface area contributed by atoms with Gasteiger partial charge in [-0.2, -0.15) is 0 Å². The molecule has 0 bridgehead atoms. The summed E-state index contributed by atoms with van der Waals surface area (Å²) in [6.07, 6.45) is 0. The number of hydrogen-bond donors (Lipinski definition) is 1. The van der Waals surface area contributed by atoms with E-state index in [0.717, 1.165) is 10.9 Å². The van der Waals surface area contributed by atoms with Crippen LogP contribution in [0.5, 0.6) is 11.5 Å². The number of benzene rings is 1. The monoisotopic (exact) mass is 281 g/mol. The predicted molar refractivity (Wildman–Crippen MR) is 71.5 cm³/mol. The largest absolute Gasteiger partial charge is 0.478 e. The van der Waals surface area contributed by atoms with E-state index in [9.17, 15) is 9.90 Å². The summed E-state index contributed by atoms with van der Waals surface area (Å²) in [5.74, 6) is 0.321. The van der Waals surface area contributed by atoms with Crippen LogP contribution in [0, 0.1) is 13.8 Å². The minimum absolute atomic E-state index is 0. The molecule has 100 valence electrons. The number of halogens is 1. The molecule has 5 nitrogen and oxygen atoms in total. The number of aryl methyl sites for hydroxylation is 2. The van der Waals surface area contributed by atoms with Crippen molar-refractivity contribution in [1.29, 1.82) is 0 Å². The Morgan fingerprint density at radius 2 is 1.89 bits per heavy atom. The summed E-state index contributed by atoms with van der Waals surface area (Å²) in [6, 6.07) is 3.56. The van der Waals surface area contributed by atoms with Crippen molar-refractivity contribution in [3.05, 3.63) is 29.0 Å². The molecule has 1 aliphatic rings. The number of hydrogen-bond acceptors (Lipinski definition) is 4. The zero-order chi connectivity index (χ0) is 12.9. The van der Waals surface area contributed by atoms with Gasteiger partial charge < -0.3 is 14.6 Å². The molecule has 1 aromatic heterocycles. The Morgan fingerprint density at radius 1 is 1.26 bits per heavy atom. The first-order valence-electron chi connectivity index (χ1n) is 5.52. The quantitative estimate of drug-likeness (QED) is 0.870. The van der Waals surface area contributed by atoms with Gasteiger partial charge in [0.1, 0.15) is 0 Å². The summed E-state index contributed by atoms with van der Waals surface area (Å²) in [5.41, 5.74) is 2.18. The number of aromatic carboxylic acids is 1. The van der Waals surface area contributed by atoms with Gasteiger partial charge in [-0.05, 0) is 25.5 Å². The van der Waals surface area contributed by atoms with Gasteiger partial charge in [-0.3, -0.25) is 4.98 Å². The number of nitrogens with zero attached hydrogens (tertiary/aromatic N) is 1. The first kappa shape index (κ1) is 13.4. The molecule has 0 saturated heterocycles. The van der Waals surface area contributed by atoms with Crippen LogP contribution in [-0.2, 0) is 0 Å². The Morgan fingerprint density at radius 3 is 2.53 bits per heavy atom. The van der Waals surface area contributed by atoms with Gasteiger partial charge >= 0.3 is 5.97 Å². The van der Waals surface area contributed by atoms with Crippen LogP contribution in [0.15, 0.2) is 12.1 Å². The minimum atomic E-state index is -0.961. The van der Waals surface area contributed by atoms with E-state index in [1.807, 2.05) is 0 Å². The number of carboxylic acids is 1. The van der Waals surface area contributed by atoms with Crippen molar-refractivity contribution in [2.75, 3.05) is 6.79 Å². The number of aromatic nitrogens is 1. The first-order valence-corrected chi connectivity index (χ1v) is 5.52. The van der Waals surface area contributed by atoms with Crippen molar-refractivity contribution >= 4 is 29.3 Å². The average Bonchev–Trinajstić information content (AvgIpc) is 2.73. The second-order valence-corrected chi connectivity index (χ2v) is 4.22. The zero-order valence-corrected chi connectivity index (χ0v) is 11.2. The van der Waals surface area contributed by atoms with E-state index in [4.69, 9.17) is 9.47 Å². The number of carboxylic acid groups (broad SMARTS) is 1. The third kappa shape index (κ3) is 1.96. The van der Waals surface area contributed by atoms with Crippen LogP contribution in [-0.4, -0.2) is 22.9 Å². The van der Waals surface area contributed by atoms with Gasteiger partial charge in [0.05, 0.1) is 16.8 Å². The maximum Gasteiger partial charge on any atom is 0.337 e. The number of rotatable bonds is 1. The van der Waals surface area contributed by atoms with E-state index in [0.29, 0.717) is 22.8 Å². The lowest BCUT2D eigenvalue weighted by atomic mass is 10.0. The summed E-state index contributed by atoms with van der Waals surface area (Å²) in [4.78, 5) is 15.5. The second kappa shape index (κ2) is 4.59. The standard InChI is InChI=1S/C13H11NO4.ClH/c1-6-8-3-10-11(18-5-17-10)4-9(8)14-7(2)12(6)13(15)16;/h3-4H,5H2,1-2H3,(H,15,16);1H. The lowest BCUT2D eigenvalue weighted by molar-refractivity contribution is 0.0695. The predicted octanol–water partition coefficient (Wildman–Crippen LogP) is 2.70. The van der Waals surface area contributed by atoms with Crippen molar-refractivity contribution in [2.24, 2.45) is 0 Å². The molecular weight excluding hydrogens is 270 g/mol. The highest BCUT2D eigenvalue weighted by Crippen LogP contribution is 2.37. The van der Waals surface area contributed by atoms with Gasteiger partial charge in [-0.15, -0.1) is 12.4 Å². The van der Waals surface area contributed by atoms with Crippen LogP contribution >= 0.6 is 12.4 Å². The van der Waals surface area contributed by atoms with Crippen molar-refractivity contribution in [1.82, 2.24) is 4.98 Å². The smallest absolute Gasteiger partial charge is 0.337 e. The number of carbonyl (C=O) groups is 1. The van der Waals surface area contributed by atoms with Crippen molar-refractivity contribution < 1.29 is 19.4 Å². The molecule has 2 heterocycles. The van der Waals surface area contributed by atoms with Gasteiger partial charge in [0, 0.05) is 11.5 Å². The number of fused-ring (bicyclic) bond motifs is 2. The fourth-order valence-electron chi connectivity index (χ4n) is 2.28. The fourth-order valence-corrected chi connectivity index (χ4v) is 2.28. The zero-order valence-electron chi connectivity index (χ0n) is 10.4. The van der Waals surface area contributed by atoms with E-state index in [2.05, 4.69) is 4.98 Å². The molecular formula is C13H12ClNO4. The van der Waals surface area contributed by atoms with Crippen molar-refractivity contribution in [3.63, 3.8) is 0 Å². The van der Waals surface area contributed by atoms with Gasteiger partial charge in [0.25, 0.3) is 0 Å². The Hall–Kier alpha value is -2.01. The van der Waals surface area contributed by atoms with Crippen LogP contribution in [0.3, 0.4) is 0 Å². The van der Waals surface area contributed by atoms with Gasteiger partial charge in [0.2, 0.25) is 6.79 Å². The molecule has 19 heavy (non-hydrogen) atoms. The summed E-state index contributed by atoms with van der Waals surface area (Å²) in [5, 5.41) is 9.98. The van der Waals surface area contributed by atoms with Gasteiger partial charge in [-0.1, -0.05) is 0 Å². The molecule has 0 radical (unpaired) electrons. The van der Waals surface area contributed by atoms with Crippen LogP contribution in [0.1, 0.15) is 21.6 Å². The van der Waals surface area contributed by atoms with Crippen molar-refractivity contribution in [2.45, 2.75) is 13.8 Å². The van der Waals surface area contributed by atoms with Crippen LogP contribution in [0.2, 0.25) is 0 Å². The topological polar surface area (TPSA) is 68.7 Å². The molecule has 3 rings (SSSR count). The third-order valence-corrected chi connectivity index (χ3v) is 3.13. The number of pyridine rings is 1. The van der Waals surface area contributed by atoms with E-state index in [-0.39, 0.29) is 24.8 Å². The molecule has 1 N–H and O–H groups in total. The maximum atomic E-state index is 11.2. The summed E-state index contributed by atoms with van der Waals surface area (Å²) in [7, 11) is 0. The molecule has 0 atom stereocenters. The highest BCUT2D eigenvalue weighted by Gasteiger charge is 2.20. The fraction of sp³-hybridized carbons (Fsp3) is 0.231. The summed E-state index contributed by atoms with van der Waals surface area (Å²) in [6.45, 7) is 3.67. The molecule has 0 spiro atoms. The van der Waals surface area contributed by atoms with E-state index < -0.39 is 5.97 Å². The first-order chi connectivity index (χ1) is 8.58. The Kier molecular flexibility index (Phi) is 3.24. The molecule has 0 saturated carbocycles. The number of ether oxygens (including phenoxy) is 2. The normalized spacial score (nSPS) is 12.3. The van der Waals surface area contributed by atoms with E-state index in [1.165, 1.54) is 0 Å². The van der Waals surface area contributed by atoms with Gasteiger partial charge in [0.15, 0.2) is 11.5 Å². The molecule has 0 amide bonds. The second-order valence-electron chi connectivity index (χ2n) is 4.22. The Bertz CT molecular complexity index is 684. The SMILES string of the molecule is Cc1nc2cc3c(cc2c(C)c1C(=O)O)OCO3.Cl. The van der Waals surface area contributed by atoms with E-state index in [1.54, 1.807) is 26.0 Å². The Labute approximate surface area is 115 Å².